The van der Waals surface area contributed by atoms with E-state index in [0.717, 1.165) is 11.3 Å². The first-order chi connectivity index (χ1) is 19.1. The number of hydrogen-bond acceptors (Lipinski definition) is 10. The van der Waals surface area contributed by atoms with Crippen molar-refractivity contribution in [1.29, 1.82) is 0 Å². The summed E-state index contributed by atoms with van der Waals surface area (Å²) in [5.41, 5.74) is 2.48. The fourth-order valence-corrected chi connectivity index (χ4v) is 5.14. The molecule has 4 rings (SSSR count). The van der Waals surface area contributed by atoms with Crippen LogP contribution < -0.4 is 14.2 Å². The van der Waals surface area contributed by atoms with Crippen molar-refractivity contribution in [1.82, 2.24) is 29.7 Å². The molecule has 0 unspecified atom stereocenters. The molecule has 1 aromatic carbocycles. The lowest BCUT2D eigenvalue weighted by molar-refractivity contribution is 0.00152. The highest BCUT2D eigenvalue weighted by Gasteiger charge is 2.36. The van der Waals surface area contributed by atoms with Crippen LogP contribution in [0, 0.1) is 13.8 Å². The molecule has 3 heterocycles. The number of sulfonamides is 1. The Morgan fingerprint density at radius 3 is 2.10 bits per heavy atom. The Balaban J connectivity index is 1.85. The standard InChI is InChI=1S/C27H33N7O5S/c1-16(2)39-24(25-28-14-17(3)15-29-25)19(5)40(35,36)33-27-32-31-26(20-11-8-10-18(4)30-20)34(27)23-21(37-6)12-9-13-22(23)38-7/h8-16,19,24H,1-7H3,(H,32,33)/t19-,24-/m0/s1. The molecule has 0 saturated carbocycles. The first-order valence-corrected chi connectivity index (χ1v) is 14.2. The van der Waals surface area contributed by atoms with Crippen molar-refractivity contribution in [2.75, 3.05) is 18.9 Å². The molecular formula is C27H33N7O5S. The average Bonchev–Trinajstić information content (AvgIpc) is 3.33. The highest BCUT2D eigenvalue weighted by atomic mass is 32.2. The predicted molar refractivity (Wildman–Crippen MR) is 150 cm³/mol. The van der Waals surface area contributed by atoms with Gasteiger partial charge in [0.25, 0.3) is 0 Å². The van der Waals surface area contributed by atoms with Gasteiger partial charge in [0.1, 0.15) is 34.2 Å². The SMILES string of the molecule is COc1cccc(OC)c1-n1c(NS(=O)(=O)[C@@H](C)[C@H](OC(C)C)c2ncc(C)cn2)nnc1-c1cccc(C)n1. The van der Waals surface area contributed by atoms with Gasteiger partial charge in [-0.3, -0.25) is 9.29 Å². The highest BCUT2D eigenvalue weighted by Crippen LogP contribution is 2.38. The van der Waals surface area contributed by atoms with Crippen molar-refractivity contribution in [2.45, 2.75) is 52.1 Å². The third-order valence-corrected chi connectivity index (χ3v) is 7.72. The van der Waals surface area contributed by atoms with E-state index in [1.807, 2.05) is 39.8 Å². The van der Waals surface area contributed by atoms with E-state index in [1.54, 1.807) is 36.7 Å². The van der Waals surface area contributed by atoms with Crippen LogP contribution in [0.2, 0.25) is 0 Å². The van der Waals surface area contributed by atoms with Gasteiger partial charge in [-0.25, -0.2) is 23.4 Å². The van der Waals surface area contributed by atoms with Crippen LogP contribution in [0.25, 0.3) is 17.2 Å². The van der Waals surface area contributed by atoms with E-state index < -0.39 is 21.4 Å². The fraction of sp³-hybridized carbons (Fsp3) is 0.370. The lowest BCUT2D eigenvalue weighted by Gasteiger charge is -2.25. The highest BCUT2D eigenvalue weighted by molar-refractivity contribution is 7.93. The average molecular weight is 568 g/mol. The Kier molecular flexibility index (Phi) is 8.64. The third-order valence-electron chi connectivity index (χ3n) is 6.03. The molecule has 0 radical (unpaired) electrons. The van der Waals surface area contributed by atoms with E-state index >= 15 is 0 Å². The lowest BCUT2D eigenvalue weighted by atomic mass is 10.2. The van der Waals surface area contributed by atoms with Crippen LogP contribution in [0.3, 0.4) is 0 Å². The second kappa shape index (κ2) is 12.0. The van der Waals surface area contributed by atoms with E-state index in [4.69, 9.17) is 14.2 Å². The number of pyridine rings is 1. The molecule has 0 bridgehead atoms. The second-order valence-electron chi connectivity index (χ2n) is 9.43. The van der Waals surface area contributed by atoms with E-state index in [-0.39, 0.29) is 23.7 Å². The zero-order valence-electron chi connectivity index (χ0n) is 23.5. The van der Waals surface area contributed by atoms with Crippen LogP contribution >= 0.6 is 0 Å². The molecule has 12 nitrogen and oxygen atoms in total. The number of methoxy groups -OCH3 is 2. The monoisotopic (exact) mass is 567 g/mol. The summed E-state index contributed by atoms with van der Waals surface area (Å²) in [4.78, 5) is 13.2. The Labute approximate surface area is 233 Å². The summed E-state index contributed by atoms with van der Waals surface area (Å²) in [6.07, 6.45) is 2.01. The second-order valence-corrected chi connectivity index (χ2v) is 11.5. The number of rotatable bonds is 11. The number of hydrogen-bond donors (Lipinski definition) is 1. The van der Waals surface area contributed by atoms with E-state index in [2.05, 4.69) is 29.9 Å². The molecule has 0 spiro atoms. The summed E-state index contributed by atoms with van der Waals surface area (Å²) in [7, 11) is -1.13. The molecule has 0 aliphatic rings. The van der Waals surface area contributed by atoms with Crippen molar-refractivity contribution >= 4 is 16.0 Å². The van der Waals surface area contributed by atoms with E-state index in [1.165, 1.54) is 25.7 Å². The fourth-order valence-electron chi connectivity index (χ4n) is 4.05. The van der Waals surface area contributed by atoms with Gasteiger partial charge in [0, 0.05) is 18.1 Å². The lowest BCUT2D eigenvalue weighted by Crippen LogP contribution is -2.35. The molecule has 0 saturated heterocycles. The quantitative estimate of drug-likeness (QED) is 0.282. The van der Waals surface area contributed by atoms with E-state index in [9.17, 15) is 8.42 Å². The molecule has 2 atom stereocenters. The third kappa shape index (κ3) is 6.05. The first-order valence-electron chi connectivity index (χ1n) is 12.6. The van der Waals surface area contributed by atoms with Gasteiger partial charge in [-0.05, 0) is 64.4 Å². The molecule has 1 N–H and O–H groups in total. The smallest absolute Gasteiger partial charge is 0.243 e. The van der Waals surface area contributed by atoms with Crippen LogP contribution in [0.1, 0.15) is 44.0 Å². The number of aromatic nitrogens is 6. The van der Waals surface area contributed by atoms with Crippen LogP contribution in [0.15, 0.2) is 48.8 Å². The molecule has 0 aliphatic heterocycles. The van der Waals surface area contributed by atoms with Gasteiger partial charge in [0.05, 0.1) is 20.3 Å². The Bertz CT molecular complexity index is 1550. The number of aryl methyl sites for hydroxylation is 2. The van der Waals surface area contributed by atoms with Crippen LogP contribution in [-0.2, 0) is 14.8 Å². The minimum atomic E-state index is -4.14. The maximum absolute atomic E-state index is 13.8. The van der Waals surface area contributed by atoms with Gasteiger partial charge in [-0.2, -0.15) is 0 Å². The Morgan fingerprint density at radius 2 is 1.52 bits per heavy atom. The van der Waals surface area contributed by atoms with Crippen molar-refractivity contribution < 1.29 is 22.6 Å². The number of benzene rings is 1. The van der Waals surface area contributed by atoms with Crippen LogP contribution in [-0.4, -0.2) is 63.7 Å². The van der Waals surface area contributed by atoms with Crippen molar-refractivity contribution in [2.24, 2.45) is 0 Å². The number of nitrogens with one attached hydrogen (secondary N) is 1. The molecule has 212 valence electrons. The molecule has 0 amide bonds. The number of nitrogens with zero attached hydrogens (tertiary/aromatic N) is 6. The molecule has 40 heavy (non-hydrogen) atoms. The zero-order chi connectivity index (χ0) is 29.0. The van der Waals surface area contributed by atoms with Crippen LogP contribution in [0.4, 0.5) is 5.95 Å². The summed E-state index contributed by atoms with van der Waals surface area (Å²) in [6, 6.07) is 10.7. The van der Waals surface area contributed by atoms with Gasteiger partial charge in [0.2, 0.25) is 16.0 Å². The van der Waals surface area contributed by atoms with Crippen LogP contribution in [0.5, 0.6) is 11.5 Å². The first kappa shape index (κ1) is 28.9. The summed E-state index contributed by atoms with van der Waals surface area (Å²) in [5.74, 6) is 1.29. The van der Waals surface area contributed by atoms with Crippen molar-refractivity contribution in [3.8, 4) is 28.7 Å². The summed E-state index contributed by atoms with van der Waals surface area (Å²) >= 11 is 0. The summed E-state index contributed by atoms with van der Waals surface area (Å²) in [6.45, 7) is 8.87. The normalized spacial score (nSPS) is 13.2. The topological polar surface area (TPSA) is 143 Å². The number of anilines is 1. The van der Waals surface area contributed by atoms with Crippen molar-refractivity contribution in [3.63, 3.8) is 0 Å². The molecule has 0 fully saturated rings. The summed E-state index contributed by atoms with van der Waals surface area (Å²) < 4.78 is 49.1. The molecule has 3 aromatic heterocycles. The number of ether oxygens (including phenoxy) is 3. The van der Waals surface area contributed by atoms with Crippen molar-refractivity contribution in [3.05, 3.63) is 65.9 Å². The van der Waals surface area contributed by atoms with Gasteiger partial charge < -0.3 is 14.2 Å². The molecular weight excluding hydrogens is 534 g/mol. The molecule has 13 heteroatoms. The molecule has 4 aromatic rings. The van der Waals surface area contributed by atoms with Gasteiger partial charge in [0.15, 0.2) is 11.6 Å². The maximum Gasteiger partial charge on any atom is 0.243 e. The maximum atomic E-state index is 13.8. The molecule has 0 aliphatic carbocycles. The largest absolute Gasteiger partial charge is 0.494 e. The van der Waals surface area contributed by atoms with E-state index in [0.29, 0.717) is 22.9 Å². The Hall–Kier alpha value is -4.10. The minimum Gasteiger partial charge on any atom is -0.494 e. The van der Waals surface area contributed by atoms with Gasteiger partial charge in [-0.1, -0.05) is 12.1 Å². The predicted octanol–water partition coefficient (Wildman–Crippen LogP) is 4.05. The van der Waals surface area contributed by atoms with Gasteiger partial charge in [-0.15, -0.1) is 10.2 Å². The Morgan fingerprint density at radius 1 is 0.900 bits per heavy atom. The minimum absolute atomic E-state index is 0.0823. The number of para-hydroxylation sites is 1. The summed E-state index contributed by atoms with van der Waals surface area (Å²) in [5, 5.41) is 7.43. The van der Waals surface area contributed by atoms with Gasteiger partial charge >= 0.3 is 0 Å². The zero-order valence-corrected chi connectivity index (χ0v) is 24.3.